The predicted octanol–water partition coefficient (Wildman–Crippen LogP) is 5.40. The van der Waals surface area contributed by atoms with Gasteiger partial charge in [0.15, 0.2) is 0 Å². The quantitative estimate of drug-likeness (QED) is 0.348. The summed E-state index contributed by atoms with van der Waals surface area (Å²) in [6.45, 7) is 2.82. The minimum atomic E-state index is -1.01. The van der Waals surface area contributed by atoms with E-state index in [-0.39, 0.29) is 31.0 Å². The third kappa shape index (κ3) is 6.10. The van der Waals surface area contributed by atoms with E-state index in [1.165, 1.54) is 17.7 Å². The lowest BCUT2D eigenvalue weighted by atomic mass is 9.92. The maximum absolute atomic E-state index is 14.0. The van der Waals surface area contributed by atoms with Crippen LogP contribution in [0.2, 0.25) is 0 Å². The lowest BCUT2D eigenvalue weighted by molar-refractivity contribution is 0.127. The molecule has 0 saturated heterocycles. The summed E-state index contributed by atoms with van der Waals surface area (Å²) >= 11 is 0. The summed E-state index contributed by atoms with van der Waals surface area (Å²) in [5, 5.41) is 17.4. The number of amides is 2. The number of benzene rings is 3. The van der Waals surface area contributed by atoms with Gasteiger partial charge in [0.05, 0.1) is 23.9 Å². The highest BCUT2D eigenvalue weighted by Gasteiger charge is 2.40. The Morgan fingerprint density at radius 1 is 0.949 bits per heavy atom. The summed E-state index contributed by atoms with van der Waals surface area (Å²) in [5.41, 5.74) is 4.53. The first-order valence-corrected chi connectivity index (χ1v) is 13.4. The number of hydrogen-bond donors (Lipinski definition) is 3. The minimum Gasteiger partial charge on any atom is -0.390 e. The summed E-state index contributed by atoms with van der Waals surface area (Å²) in [6, 6.07) is 17.9. The Morgan fingerprint density at radius 2 is 1.69 bits per heavy atom. The fraction of sp³-hybridized carbons (Fsp3) is 0.281. The van der Waals surface area contributed by atoms with Crippen LogP contribution in [0.3, 0.4) is 0 Å². The highest BCUT2D eigenvalue weighted by atomic mass is 19.1. The average molecular weight is 530 g/mol. The van der Waals surface area contributed by atoms with Gasteiger partial charge in [-0.15, -0.1) is 0 Å². The SMILES string of the molecule is CCc1cccc(CNC[C@H](O)[C@H](Cc2cc(F)cc(F)c2)NC(=O)N2c3ccccc3C3C=CC=CC32)c1. The number of anilines is 1. The minimum absolute atomic E-state index is 0.0400. The number of halogens is 2. The van der Waals surface area contributed by atoms with Crippen molar-refractivity contribution >= 4 is 11.7 Å². The van der Waals surface area contributed by atoms with Gasteiger partial charge in [0.1, 0.15) is 11.6 Å². The molecule has 2 amide bonds. The Morgan fingerprint density at radius 3 is 2.49 bits per heavy atom. The summed E-state index contributed by atoms with van der Waals surface area (Å²) in [6.07, 6.45) is 7.96. The molecular formula is C32H33F2N3O2. The molecule has 3 N–H and O–H groups in total. The van der Waals surface area contributed by atoms with Crippen LogP contribution in [0.15, 0.2) is 91.0 Å². The zero-order chi connectivity index (χ0) is 27.4. The molecule has 4 atom stereocenters. The number of aliphatic hydroxyl groups is 1. The van der Waals surface area contributed by atoms with Crippen LogP contribution in [0.1, 0.15) is 35.1 Å². The summed E-state index contributed by atoms with van der Waals surface area (Å²) in [4.78, 5) is 15.4. The number of rotatable bonds is 9. The van der Waals surface area contributed by atoms with E-state index < -0.39 is 23.8 Å². The number of para-hydroxylation sites is 1. The smallest absolute Gasteiger partial charge is 0.322 e. The number of allylic oxidation sites excluding steroid dienone is 2. The number of urea groups is 1. The van der Waals surface area contributed by atoms with Crippen molar-refractivity contribution in [3.63, 3.8) is 0 Å². The Labute approximate surface area is 227 Å². The fourth-order valence-electron chi connectivity index (χ4n) is 5.48. The van der Waals surface area contributed by atoms with Crippen LogP contribution >= 0.6 is 0 Å². The summed E-state index contributed by atoms with van der Waals surface area (Å²) < 4.78 is 27.9. The number of nitrogens with one attached hydrogen (secondary N) is 2. The second-order valence-corrected chi connectivity index (χ2v) is 10.1. The van der Waals surface area contributed by atoms with E-state index in [1.807, 2.05) is 54.6 Å². The maximum Gasteiger partial charge on any atom is 0.322 e. The van der Waals surface area contributed by atoms with Gasteiger partial charge in [-0.3, -0.25) is 4.90 Å². The first-order chi connectivity index (χ1) is 18.9. The molecule has 39 heavy (non-hydrogen) atoms. The van der Waals surface area contributed by atoms with Crippen LogP contribution < -0.4 is 15.5 Å². The van der Waals surface area contributed by atoms with Gasteiger partial charge >= 0.3 is 6.03 Å². The monoisotopic (exact) mass is 529 g/mol. The molecule has 5 nitrogen and oxygen atoms in total. The van der Waals surface area contributed by atoms with Gasteiger partial charge in [0, 0.05) is 25.1 Å². The number of carbonyl (C=O) groups excluding carboxylic acids is 1. The molecule has 0 saturated carbocycles. The molecule has 1 aliphatic heterocycles. The lowest BCUT2D eigenvalue weighted by Crippen LogP contribution is -2.54. The van der Waals surface area contributed by atoms with Crippen LogP contribution in [-0.4, -0.2) is 35.9 Å². The molecule has 1 aliphatic carbocycles. The van der Waals surface area contributed by atoms with Gasteiger partial charge in [0.25, 0.3) is 0 Å². The van der Waals surface area contributed by atoms with Crippen LogP contribution in [0, 0.1) is 11.6 Å². The van der Waals surface area contributed by atoms with Crippen LogP contribution in [0.4, 0.5) is 19.3 Å². The van der Waals surface area contributed by atoms with Crippen LogP contribution in [-0.2, 0) is 19.4 Å². The first-order valence-electron chi connectivity index (χ1n) is 13.4. The molecular weight excluding hydrogens is 496 g/mol. The molecule has 7 heteroatoms. The summed E-state index contributed by atoms with van der Waals surface area (Å²) in [5.74, 6) is -1.36. The van der Waals surface area contributed by atoms with E-state index in [4.69, 9.17) is 0 Å². The Bertz CT molecular complexity index is 1370. The van der Waals surface area contributed by atoms with Crippen molar-refractivity contribution in [1.29, 1.82) is 0 Å². The normalized spacial score (nSPS) is 18.9. The fourth-order valence-corrected chi connectivity index (χ4v) is 5.48. The zero-order valence-corrected chi connectivity index (χ0v) is 21.9. The van der Waals surface area contributed by atoms with Crippen molar-refractivity contribution in [3.05, 3.63) is 125 Å². The van der Waals surface area contributed by atoms with Gasteiger partial charge in [-0.25, -0.2) is 13.6 Å². The molecule has 0 fully saturated rings. The standard InChI is InChI=1S/C32H33F2N3O2/c1-2-21-8-7-9-22(14-21)19-35-20-31(38)28(17-23-15-24(33)18-25(34)16-23)36-32(39)37-29-12-5-3-10-26(29)27-11-4-6-13-30(27)37/h3-16,18,26,28-29,31,35,38H,2,17,19-20H2,1H3,(H,36,39)/t26?,28-,29?,31-/m0/s1. The molecule has 0 spiro atoms. The largest absolute Gasteiger partial charge is 0.390 e. The number of fused-ring (bicyclic) bond motifs is 3. The Kier molecular flexibility index (Phi) is 8.19. The number of nitrogens with zero attached hydrogens (tertiary/aromatic N) is 1. The van der Waals surface area contributed by atoms with E-state index in [9.17, 15) is 18.7 Å². The van der Waals surface area contributed by atoms with Crippen LogP contribution in [0.25, 0.3) is 0 Å². The number of carbonyl (C=O) groups is 1. The lowest BCUT2D eigenvalue weighted by Gasteiger charge is -2.31. The second kappa shape index (κ2) is 11.9. The average Bonchev–Trinajstić information content (AvgIpc) is 3.27. The third-order valence-electron chi connectivity index (χ3n) is 7.41. The topological polar surface area (TPSA) is 64.6 Å². The second-order valence-electron chi connectivity index (χ2n) is 10.1. The Hall–Kier alpha value is -3.81. The van der Waals surface area contributed by atoms with Crippen molar-refractivity contribution < 1.29 is 18.7 Å². The van der Waals surface area contributed by atoms with Crippen molar-refractivity contribution in [3.8, 4) is 0 Å². The van der Waals surface area contributed by atoms with E-state index in [2.05, 4.69) is 35.8 Å². The number of hydrogen-bond acceptors (Lipinski definition) is 3. The van der Waals surface area contributed by atoms with Gasteiger partial charge in [-0.2, -0.15) is 0 Å². The van der Waals surface area contributed by atoms with Crippen molar-refractivity contribution in [2.24, 2.45) is 0 Å². The molecule has 3 aromatic rings. The highest BCUT2D eigenvalue weighted by molar-refractivity contribution is 5.96. The maximum atomic E-state index is 14.0. The molecule has 0 aromatic heterocycles. The Balaban J connectivity index is 1.34. The number of aryl methyl sites for hydroxylation is 1. The molecule has 2 aliphatic rings. The van der Waals surface area contributed by atoms with Gasteiger partial charge < -0.3 is 15.7 Å². The van der Waals surface area contributed by atoms with E-state index in [0.29, 0.717) is 12.1 Å². The molecule has 3 aromatic carbocycles. The molecule has 2 unspecified atom stereocenters. The molecule has 1 heterocycles. The molecule has 202 valence electrons. The summed E-state index contributed by atoms with van der Waals surface area (Å²) in [7, 11) is 0. The van der Waals surface area contributed by atoms with Gasteiger partial charge in [-0.1, -0.05) is 73.7 Å². The van der Waals surface area contributed by atoms with Crippen molar-refractivity contribution in [2.45, 2.75) is 50.4 Å². The van der Waals surface area contributed by atoms with E-state index in [1.54, 1.807) is 4.90 Å². The number of aliphatic hydroxyl groups excluding tert-OH is 1. The van der Waals surface area contributed by atoms with Crippen molar-refractivity contribution in [1.82, 2.24) is 10.6 Å². The van der Waals surface area contributed by atoms with Crippen molar-refractivity contribution in [2.75, 3.05) is 11.4 Å². The third-order valence-corrected chi connectivity index (χ3v) is 7.41. The predicted molar refractivity (Wildman–Crippen MR) is 150 cm³/mol. The van der Waals surface area contributed by atoms with E-state index >= 15 is 0 Å². The van der Waals surface area contributed by atoms with E-state index in [0.717, 1.165) is 29.3 Å². The molecule has 0 radical (unpaired) electrons. The first kappa shape index (κ1) is 26.8. The molecule has 0 bridgehead atoms. The van der Waals surface area contributed by atoms with Crippen LogP contribution in [0.5, 0.6) is 0 Å². The highest BCUT2D eigenvalue weighted by Crippen LogP contribution is 2.43. The van der Waals surface area contributed by atoms with Gasteiger partial charge in [0.2, 0.25) is 0 Å². The molecule has 5 rings (SSSR count). The van der Waals surface area contributed by atoms with Gasteiger partial charge in [-0.05, 0) is 53.3 Å². The zero-order valence-electron chi connectivity index (χ0n) is 21.9.